The Morgan fingerprint density at radius 1 is 1.50 bits per heavy atom. The molecule has 1 saturated heterocycles. The van der Waals surface area contributed by atoms with E-state index in [9.17, 15) is 0 Å². The van der Waals surface area contributed by atoms with Crippen molar-refractivity contribution in [1.29, 1.82) is 0 Å². The number of hydrogen-bond donors (Lipinski definition) is 2. The number of anilines is 1. The number of aliphatic hydroxyl groups excluding tert-OH is 1. The third-order valence-electron chi connectivity index (χ3n) is 3.47. The molecule has 1 aliphatic heterocycles. The van der Waals surface area contributed by atoms with Crippen molar-refractivity contribution in [3.8, 4) is 0 Å². The van der Waals surface area contributed by atoms with Crippen LogP contribution in [-0.4, -0.2) is 32.4 Å². The molecule has 6 heteroatoms. The zero-order valence-corrected chi connectivity index (χ0v) is 10.2. The molecule has 18 heavy (non-hydrogen) atoms. The molecule has 2 aromatic rings. The molecule has 6 nitrogen and oxygen atoms in total. The third kappa shape index (κ3) is 1.65. The average Bonchev–Trinajstić information content (AvgIpc) is 2.94. The molecule has 0 amide bonds. The van der Waals surface area contributed by atoms with Crippen LogP contribution in [0.4, 0.5) is 5.82 Å². The second kappa shape index (κ2) is 4.22. The van der Waals surface area contributed by atoms with Crippen molar-refractivity contribution in [2.75, 3.05) is 12.3 Å². The zero-order chi connectivity index (χ0) is 12.7. The van der Waals surface area contributed by atoms with E-state index < -0.39 is 0 Å². The van der Waals surface area contributed by atoms with Gasteiger partial charge in [-0.3, -0.25) is 0 Å². The largest absolute Gasteiger partial charge is 0.394 e. The summed E-state index contributed by atoms with van der Waals surface area (Å²) in [6, 6.07) is 0. The van der Waals surface area contributed by atoms with Gasteiger partial charge in [0.05, 0.1) is 24.3 Å². The van der Waals surface area contributed by atoms with Crippen LogP contribution >= 0.6 is 0 Å². The second-order valence-electron chi connectivity index (χ2n) is 4.66. The minimum Gasteiger partial charge on any atom is -0.394 e. The number of nitrogens with two attached hydrogens (primary N) is 1. The normalized spacial score (nSPS) is 23.9. The van der Waals surface area contributed by atoms with Crippen LogP contribution in [0.2, 0.25) is 0 Å². The molecule has 3 rings (SSSR count). The first-order chi connectivity index (χ1) is 8.70. The van der Waals surface area contributed by atoms with E-state index in [1.807, 2.05) is 17.8 Å². The van der Waals surface area contributed by atoms with Gasteiger partial charge in [-0.15, -0.1) is 0 Å². The molecule has 2 atom stereocenters. The van der Waals surface area contributed by atoms with E-state index in [4.69, 9.17) is 15.6 Å². The molecule has 96 valence electrons. The molecule has 2 unspecified atom stereocenters. The van der Waals surface area contributed by atoms with Crippen LogP contribution in [0.3, 0.4) is 0 Å². The van der Waals surface area contributed by atoms with Crippen LogP contribution in [0.25, 0.3) is 11.0 Å². The topological polar surface area (TPSA) is 86.2 Å². The van der Waals surface area contributed by atoms with Gasteiger partial charge < -0.3 is 20.1 Å². The zero-order valence-electron chi connectivity index (χ0n) is 10.2. The first-order valence-corrected chi connectivity index (χ1v) is 6.02. The Morgan fingerprint density at radius 2 is 2.33 bits per heavy atom. The highest BCUT2D eigenvalue weighted by Gasteiger charge is 2.29. The summed E-state index contributed by atoms with van der Waals surface area (Å²) >= 11 is 0. The number of nitrogen functional groups attached to an aromatic ring is 1. The smallest absolute Gasteiger partial charge is 0.151 e. The monoisotopic (exact) mass is 248 g/mol. The molecule has 3 heterocycles. The Bertz CT molecular complexity index is 581. The molecular weight excluding hydrogens is 232 g/mol. The fraction of sp³-hybridized carbons (Fsp3) is 0.500. The predicted octanol–water partition coefficient (Wildman–Crippen LogP) is 0.763. The molecule has 0 aliphatic carbocycles. The molecule has 0 spiro atoms. The standard InChI is InChI=1S/C12H16N4O2/c1-16-4-8(9-3-2-7(5-17)18-9)10-11(16)12(13)15-6-14-10/h4,6-7,9,17H,2-3,5H2,1H3,(H2,13,14,15). The van der Waals surface area contributed by atoms with Gasteiger partial charge in [0.1, 0.15) is 11.8 Å². The second-order valence-corrected chi connectivity index (χ2v) is 4.66. The molecule has 0 bridgehead atoms. The number of nitrogens with zero attached hydrogens (tertiary/aromatic N) is 3. The van der Waals surface area contributed by atoms with Crippen LogP contribution in [0, 0.1) is 0 Å². The van der Waals surface area contributed by atoms with E-state index in [1.165, 1.54) is 6.33 Å². The lowest BCUT2D eigenvalue weighted by Gasteiger charge is -2.10. The number of rotatable bonds is 2. The van der Waals surface area contributed by atoms with Gasteiger partial charge in [-0.05, 0) is 12.8 Å². The molecule has 3 N–H and O–H groups in total. The number of aryl methyl sites for hydroxylation is 1. The first-order valence-electron chi connectivity index (χ1n) is 6.02. The molecule has 0 radical (unpaired) electrons. The van der Waals surface area contributed by atoms with Crippen molar-refractivity contribution in [3.63, 3.8) is 0 Å². The summed E-state index contributed by atoms with van der Waals surface area (Å²) < 4.78 is 7.72. The van der Waals surface area contributed by atoms with Gasteiger partial charge in [-0.2, -0.15) is 0 Å². The highest BCUT2D eigenvalue weighted by molar-refractivity contribution is 5.88. The van der Waals surface area contributed by atoms with Crippen molar-refractivity contribution < 1.29 is 9.84 Å². The SMILES string of the molecule is Cn1cc(C2CCC(CO)O2)c2ncnc(N)c21. The lowest BCUT2D eigenvalue weighted by molar-refractivity contribution is 0.0114. The Morgan fingerprint density at radius 3 is 3.06 bits per heavy atom. The van der Waals surface area contributed by atoms with E-state index in [0.29, 0.717) is 5.82 Å². The van der Waals surface area contributed by atoms with Crippen LogP contribution in [0.5, 0.6) is 0 Å². The van der Waals surface area contributed by atoms with Gasteiger partial charge >= 0.3 is 0 Å². The van der Waals surface area contributed by atoms with E-state index in [-0.39, 0.29) is 18.8 Å². The summed E-state index contributed by atoms with van der Waals surface area (Å²) in [6.45, 7) is 0.0678. The molecule has 1 fully saturated rings. The fourth-order valence-corrected chi connectivity index (χ4v) is 2.59. The number of fused-ring (bicyclic) bond motifs is 1. The summed E-state index contributed by atoms with van der Waals surface area (Å²) in [5.74, 6) is 0.477. The summed E-state index contributed by atoms with van der Waals surface area (Å²) in [4.78, 5) is 8.31. The lowest BCUT2D eigenvalue weighted by atomic mass is 10.1. The third-order valence-corrected chi connectivity index (χ3v) is 3.47. The summed E-state index contributed by atoms with van der Waals surface area (Å²) in [5.41, 5.74) is 8.57. The van der Waals surface area contributed by atoms with Gasteiger partial charge in [0, 0.05) is 18.8 Å². The molecule has 0 saturated carbocycles. The van der Waals surface area contributed by atoms with Crippen LogP contribution in [-0.2, 0) is 11.8 Å². The van der Waals surface area contributed by atoms with Gasteiger partial charge in [0.25, 0.3) is 0 Å². The average molecular weight is 248 g/mol. The molecular formula is C12H16N4O2. The molecule has 0 aromatic carbocycles. The van der Waals surface area contributed by atoms with Gasteiger partial charge in [0.15, 0.2) is 5.82 Å². The number of aromatic nitrogens is 3. The van der Waals surface area contributed by atoms with Crippen molar-refractivity contribution in [3.05, 3.63) is 18.1 Å². The fourth-order valence-electron chi connectivity index (χ4n) is 2.59. The number of ether oxygens (including phenoxy) is 1. The van der Waals surface area contributed by atoms with Crippen molar-refractivity contribution in [2.24, 2.45) is 7.05 Å². The lowest BCUT2D eigenvalue weighted by Crippen LogP contribution is -2.11. The van der Waals surface area contributed by atoms with E-state index in [2.05, 4.69) is 9.97 Å². The van der Waals surface area contributed by atoms with Crippen LogP contribution in [0.1, 0.15) is 24.5 Å². The maximum absolute atomic E-state index is 9.12. The van der Waals surface area contributed by atoms with Gasteiger partial charge in [0.2, 0.25) is 0 Å². The number of hydrogen-bond acceptors (Lipinski definition) is 5. The van der Waals surface area contributed by atoms with E-state index in [1.54, 1.807) is 0 Å². The Kier molecular flexibility index (Phi) is 2.68. The Hall–Kier alpha value is -1.66. The van der Waals surface area contributed by atoms with Crippen molar-refractivity contribution in [2.45, 2.75) is 25.0 Å². The van der Waals surface area contributed by atoms with Gasteiger partial charge in [-0.1, -0.05) is 0 Å². The maximum Gasteiger partial charge on any atom is 0.151 e. The Balaban J connectivity index is 2.06. The summed E-state index contributed by atoms with van der Waals surface area (Å²) in [7, 11) is 1.92. The van der Waals surface area contributed by atoms with Gasteiger partial charge in [-0.25, -0.2) is 9.97 Å². The van der Waals surface area contributed by atoms with Crippen LogP contribution in [0.15, 0.2) is 12.5 Å². The first kappa shape index (κ1) is 11.4. The van der Waals surface area contributed by atoms with Crippen molar-refractivity contribution >= 4 is 16.9 Å². The quantitative estimate of drug-likeness (QED) is 0.819. The summed E-state index contributed by atoms with van der Waals surface area (Å²) in [6.07, 6.45) is 5.15. The highest BCUT2D eigenvalue weighted by Crippen LogP contribution is 2.36. The minimum absolute atomic E-state index is 0.0138. The highest BCUT2D eigenvalue weighted by atomic mass is 16.5. The van der Waals surface area contributed by atoms with Crippen molar-refractivity contribution in [1.82, 2.24) is 14.5 Å². The molecule has 2 aromatic heterocycles. The number of aliphatic hydroxyl groups is 1. The summed E-state index contributed by atoms with van der Waals surface area (Å²) in [5, 5.41) is 9.12. The van der Waals surface area contributed by atoms with Crippen LogP contribution < -0.4 is 5.73 Å². The van der Waals surface area contributed by atoms with E-state index in [0.717, 1.165) is 29.4 Å². The minimum atomic E-state index is -0.0653. The molecule has 1 aliphatic rings. The maximum atomic E-state index is 9.12. The Labute approximate surface area is 104 Å². The van der Waals surface area contributed by atoms with E-state index >= 15 is 0 Å². The predicted molar refractivity (Wildman–Crippen MR) is 66.9 cm³/mol.